The van der Waals surface area contributed by atoms with Crippen LogP contribution in [0.3, 0.4) is 0 Å². The normalized spacial score (nSPS) is 13.3. The van der Waals surface area contributed by atoms with Gasteiger partial charge in [-0.15, -0.1) is 0 Å². The van der Waals surface area contributed by atoms with Crippen molar-refractivity contribution in [2.75, 3.05) is 19.8 Å². The van der Waals surface area contributed by atoms with Crippen molar-refractivity contribution < 1.29 is 27.8 Å². The first-order valence-electron chi connectivity index (χ1n) is 8.40. The third-order valence-corrected chi connectivity index (χ3v) is 3.65. The number of carbonyl (C=O) groups is 1. The van der Waals surface area contributed by atoms with Crippen LogP contribution in [0, 0.1) is 5.92 Å². The fraction of sp³-hybridized carbons (Fsp3) is 0.529. The third-order valence-electron chi connectivity index (χ3n) is 3.65. The van der Waals surface area contributed by atoms with E-state index in [0.29, 0.717) is 31.9 Å². The van der Waals surface area contributed by atoms with Gasteiger partial charge in [0.1, 0.15) is 0 Å². The molecule has 0 unspecified atom stereocenters. The number of rotatable bonds is 11. The highest BCUT2D eigenvalue weighted by Gasteiger charge is 2.23. The van der Waals surface area contributed by atoms with Crippen LogP contribution in [-0.4, -0.2) is 38.3 Å². The summed E-state index contributed by atoms with van der Waals surface area (Å²) < 4.78 is 40.1. The zero-order valence-corrected chi connectivity index (χ0v) is 14.3. The van der Waals surface area contributed by atoms with Gasteiger partial charge in [0.25, 0.3) is 0 Å². The van der Waals surface area contributed by atoms with E-state index in [1.165, 1.54) is 18.2 Å². The van der Waals surface area contributed by atoms with Gasteiger partial charge in [0.15, 0.2) is 17.5 Å². The number of hydrogen-bond acceptors (Lipinski definition) is 5. The zero-order valence-electron chi connectivity index (χ0n) is 14.3. The first-order valence-corrected chi connectivity index (χ1v) is 8.40. The molecule has 1 fully saturated rings. The molecular weight excluding hydrogens is 348 g/mol. The molecule has 0 atom stereocenters. The van der Waals surface area contributed by atoms with Gasteiger partial charge in [0.05, 0.1) is 18.8 Å². The van der Waals surface area contributed by atoms with E-state index < -0.39 is 12.6 Å². The first kappa shape index (κ1) is 19.7. The summed E-state index contributed by atoms with van der Waals surface area (Å²) >= 11 is 0. The highest BCUT2D eigenvalue weighted by atomic mass is 19.3. The van der Waals surface area contributed by atoms with Crippen molar-refractivity contribution in [3.05, 3.63) is 23.8 Å². The first-order chi connectivity index (χ1) is 12.5. The van der Waals surface area contributed by atoms with Gasteiger partial charge in [-0.1, -0.05) is 0 Å². The summed E-state index contributed by atoms with van der Waals surface area (Å²) in [4.78, 5) is 15.9. The molecule has 0 aromatic heterocycles. The van der Waals surface area contributed by atoms with Crippen LogP contribution >= 0.6 is 0 Å². The van der Waals surface area contributed by atoms with E-state index in [1.807, 2.05) is 0 Å². The fourth-order valence-corrected chi connectivity index (χ4v) is 2.10. The third kappa shape index (κ3) is 7.12. The van der Waals surface area contributed by atoms with Gasteiger partial charge in [-0.3, -0.25) is 4.99 Å². The van der Waals surface area contributed by atoms with E-state index in [2.05, 4.69) is 9.73 Å². The van der Waals surface area contributed by atoms with Crippen molar-refractivity contribution in [2.24, 2.45) is 22.4 Å². The molecule has 1 saturated carbocycles. The van der Waals surface area contributed by atoms with Crippen LogP contribution in [-0.2, 0) is 4.74 Å². The average Bonchev–Trinajstić information content (AvgIpc) is 3.40. The Morgan fingerprint density at radius 3 is 2.65 bits per heavy atom. The topological polar surface area (TPSA) is 109 Å². The van der Waals surface area contributed by atoms with Gasteiger partial charge in [0, 0.05) is 6.54 Å². The predicted molar refractivity (Wildman–Crippen MR) is 91.5 cm³/mol. The van der Waals surface area contributed by atoms with Crippen LogP contribution < -0.4 is 20.9 Å². The Kier molecular flexibility index (Phi) is 7.43. The maximum atomic E-state index is 12.5. The smallest absolute Gasteiger partial charge is 0.387 e. The Labute approximate surface area is 150 Å². The highest BCUT2D eigenvalue weighted by Crippen LogP contribution is 2.34. The van der Waals surface area contributed by atoms with Crippen molar-refractivity contribution in [3.63, 3.8) is 0 Å². The Bertz CT molecular complexity index is 632. The molecule has 0 amide bonds. The summed E-state index contributed by atoms with van der Waals surface area (Å²) in [5.41, 5.74) is 10.6. The molecule has 9 heteroatoms. The Balaban J connectivity index is 1.88. The maximum Gasteiger partial charge on any atom is 0.387 e. The predicted octanol–water partition coefficient (Wildman–Crippen LogP) is 2.29. The minimum Gasteiger partial charge on any atom is -0.489 e. The number of hydrogen-bond donors (Lipinski definition) is 2. The number of nitrogens with two attached hydrogens (primary N) is 2. The van der Waals surface area contributed by atoms with Gasteiger partial charge in [-0.25, -0.2) is 4.79 Å². The number of alkyl halides is 2. The largest absolute Gasteiger partial charge is 0.489 e. The summed E-state index contributed by atoms with van der Waals surface area (Å²) in [5, 5.41) is 0. The molecule has 0 radical (unpaired) electrons. The summed E-state index contributed by atoms with van der Waals surface area (Å²) in [7, 11) is 0. The molecule has 1 aromatic rings. The molecule has 0 bridgehead atoms. The van der Waals surface area contributed by atoms with Crippen molar-refractivity contribution in [1.82, 2.24) is 0 Å². The number of nitrogens with zero attached hydrogens (tertiary/aromatic N) is 1. The number of carbonyl (C=O) groups excluding carboxylic acids is 1. The van der Waals surface area contributed by atoms with Crippen molar-refractivity contribution in [1.29, 1.82) is 0 Å². The molecule has 0 heterocycles. The van der Waals surface area contributed by atoms with E-state index in [0.717, 1.165) is 12.8 Å². The van der Waals surface area contributed by atoms with Gasteiger partial charge in [-0.2, -0.15) is 8.78 Å². The SMILES string of the molecule is NC(N)=NCCCCOC(=O)c1ccc(OC(F)F)c(OCC2CC2)c1. The second-order valence-electron chi connectivity index (χ2n) is 5.94. The monoisotopic (exact) mass is 371 g/mol. The molecule has 1 aromatic carbocycles. The quantitative estimate of drug-likeness (QED) is 0.267. The fourth-order valence-electron chi connectivity index (χ4n) is 2.10. The van der Waals surface area contributed by atoms with Crippen molar-refractivity contribution >= 4 is 11.9 Å². The van der Waals surface area contributed by atoms with Crippen LogP contribution in [0.15, 0.2) is 23.2 Å². The number of esters is 1. The summed E-state index contributed by atoms with van der Waals surface area (Å²) in [6.45, 7) is -1.91. The molecule has 26 heavy (non-hydrogen) atoms. The number of benzene rings is 1. The van der Waals surface area contributed by atoms with Crippen LogP contribution in [0.4, 0.5) is 8.78 Å². The van der Waals surface area contributed by atoms with E-state index in [4.69, 9.17) is 20.9 Å². The van der Waals surface area contributed by atoms with E-state index in [9.17, 15) is 13.6 Å². The van der Waals surface area contributed by atoms with Crippen LogP contribution in [0.2, 0.25) is 0 Å². The maximum absolute atomic E-state index is 12.5. The summed E-state index contributed by atoms with van der Waals surface area (Å²) in [5.74, 6) is -0.109. The molecule has 0 saturated heterocycles. The molecule has 0 aliphatic heterocycles. The summed E-state index contributed by atoms with van der Waals surface area (Å²) in [6.07, 6.45) is 3.36. The standard InChI is InChI=1S/C17H23F2N3O4/c18-16(19)26-13-6-5-12(9-14(13)25-10-11-3-4-11)15(23)24-8-2-1-7-22-17(20)21/h5-6,9,11,16H,1-4,7-8,10H2,(H4,20,21,22). The Morgan fingerprint density at radius 2 is 2.00 bits per heavy atom. The summed E-state index contributed by atoms with van der Waals surface area (Å²) in [6, 6.07) is 4.01. The Hall–Kier alpha value is -2.58. The van der Waals surface area contributed by atoms with E-state index in [-0.39, 0.29) is 29.6 Å². The lowest BCUT2D eigenvalue weighted by molar-refractivity contribution is -0.0515. The highest BCUT2D eigenvalue weighted by molar-refractivity contribution is 5.90. The molecule has 0 spiro atoms. The molecule has 1 aliphatic rings. The lowest BCUT2D eigenvalue weighted by Gasteiger charge is -2.13. The van der Waals surface area contributed by atoms with Crippen LogP contribution in [0.25, 0.3) is 0 Å². The van der Waals surface area contributed by atoms with E-state index >= 15 is 0 Å². The number of ether oxygens (including phenoxy) is 3. The Morgan fingerprint density at radius 1 is 1.23 bits per heavy atom. The number of unbranched alkanes of at least 4 members (excludes halogenated alkanes) is 1. The lowest BCUT2D eigenvalue weighted by atomic mass is 10.2. The van der Waals surface area contributed by atoms with Crippen LogP contribution in [0.1, 0.15) is 36.0 Å². The zero-order chi connectivity index (χ0) is 18.9. The van der Waals surface area contributed by atoms with Gasteiger partial charge in [-0.05, 0) is 49.8 Å². The van der Waals surface area contributed by atoms with Crippen molar-refractivity contribution in [2.45, 2.75) is 32.3 Å². The second kappa shape index (κ2) is 9.79. The molecule has 4 N–H and O–H groups in total. The number of guanidine groups is 1. The minimum absolute atomic E-state index is 0.0202. The average molecular weight is 371 g/mol. The van der Waals surface area contributed by atoms with Crippen LogP contribution in [0.5, 0.6) is 11.5 Å². The molecule has 2 rings (SSSR count). The minimum atomic E-state index is -2.97. The molecule has 1 aliphatic carbocycles. The molecular formula is C17H23F2N3O4. The number of aliphatic imine (C=N–C) groups is 1. The van der Waals surface area contributed by atoms with Crippen molar-refractivity contribution in [3.8, 4) is 11.5 Å². The van der Waals surface area contributed by atoms with Gasteiger partial charge in [0.2, 0.25) is 0 Å². The lowest BCUT2D eigenvalue weighted by Crippen LogP contribution is -2.23. The van der Waals surface area contributed by atoms with E-state index in [1.54, 1.807) is 0 Å². The molecule has 144 valence electrons. The van der Waals surface area contributed by atoms with Gasteiger partial charge < -0.3 is 25.7 Å². The molecule has 7 nitrogen and oxygen atoms in total. The number of halogens is 2. The second-order valence-corrected chi connectivity index (χ2v) is 5.94. The van der Waals surface area contributed by atoms with Gasteiger partial charge >= 0.3 is 12.6 Å².